The second-order valence-electron chi connectivity index (χ2n) is 3.00. The second-order valence-corrected chi connectivity index (χ2v) is 3.00. The van der Waals surface area contributed by atoms with E-state index in [2.05, 4.69) is 11.4 Å². The van der Waals surface area contributed by atoms with Gasteiger partial charge in [-0.2, -0.15) is 0 Å². The highest BCUT2D eigenvalue weighted by atomic mass is 14.9. The maximum Gasteiger partial charge on any atom is 0.0144 e. The van der Waals surface area contributed by atoms with Gasteiger partial charge in [-0.15, -0.1) is 0 Å². The van der Waals surface area contributed by atoms with Crippen molar-refractivity contribution in [3.05, 3.63) is 11.8 Å². The Labute approximate surface area is 56.1 Å². The first-order chi connectivity index (χ1) is 4.47. The van der Waals surface area contributed by atoms with Crippen LogP contribution in [0.1, 0.15) is 25.7 Å². The lowest BCUT2D eigenvalue weighted by atomic mass is 9.97. The molecule has 1 heterocycles. The van der Waals surface area contributed by atoms with E-state index in [4.69, 9.17) is 0 Å². The Kier molecular flexibility index (Phi) is 1.22. The van der Waals surface area contributed by atoms with Crippen molar-refractivity contribution in [2.75, 3.05) is 6.54 Å². The van der Waals surface area contributed by atoms with Crippen LogP contribution in [-0.4, -0.2) is 6.54 Å². The lowest BCUT2D eigenvalue weighted by molar-refractivity contribution is 0.448. The first-order valence-electron chi connectivity index (χ1n) is 3.91. The van der Waals surface area contributed by atoms with Crippen LogP contribution in [-0.2, 0) is 0 Å². The van der Waals surface area contributed by atoms with Crippen molar-refractivity contribution < 1.29 is 0 Å². The molecule has 0 aromatic carbocycles. The molecule has 2 aliphatic rings. The summed E-state index contributed by atoms with van der Waals surface area (Å²) in [7, 11) is 0. The van der Waals surface area contributed by atoms with Crippen LogP contribution < -0.4 is 5.32 Å². The highest BCUT2D eigenvalue weighted by Gasteiger charge is 2.21. The van der Waals surface area contributed by atoms with E-state index >= 15 is 0 Å². The molecule has 2 rings (SSSR count). The molecule has 0 aromatic heterocycles. The first-order valence-corrected chi connectivity index (χ1v) is 3.91. The molecule has 0 aromatic rings. The van der Waals surface area contributed by atoms with Gasteiger partial charge in [0.25, 0.3) is 0 Å². The molecule has 1 saturated heterocycles. The minimum atomic E-state index is 0.916. The molecule has 0 radical (unpaired) electrons. The normalized spacial score (nSPS) is 32.9. The Hall–Kier alpha value is -0.460. The van der Waals surface area contributed by atoms with Crippen molar-refractivity contribution in [2.24, 2.45) is 5.92 Å². The van der Waals surface area contributed by atoms with Crippen LogP contribution in [0.15, 0.2) is 11.8 Å². The van der Waals surface area contributed by atoms with E-state index in [0.717, 1.165) is 5.92 Å². The van der Waals surface area contributed by atoms with Crippen LogP contribution >= 0.6 is 0 Å². The fourth-order valence-corrected chi connectivity index (χ4v) is 1.86. The number of allylic oxidation sites excluding steroid dienone is 2. The molecule has 1 aliphatic heterocycles. The van der Waals surface area contributed by atoms with Crippen molar-refractivity contribution in [1.29, 1.82) is 0 Å². The maximum absolute atomic E-state index is 3.44. The molecular weight excluding hydrogens is 110 g/mol. The van der Waals surface area contributed by atoms with Crippen LogP contribution in [0.5, 0.6) is 0 Å². The Morgan fingerprint density at radius 2 is 2.44 bits per heavy atom. The molecule has 0 saturated carbocycles. The highest BCUT2D eigenvalue weighted by molar-refractivity contribution is 5.12. The number of fused-ring (bicyclic) bond motifs is 1. The van der Waals surface area contributed by atoms with E-state index in [9.17, 15) is 0 Å². The zero-order chi connectivity index (χ0) is 6.10. The van der Waals surface area contributed by atoms with Crippen molar-refractivity contribution >= 4 is 0 Å². The van der Waals surface area contributed by atoms with E-state index in [1.807, 2.05) is 0 Å². The summed E-state index contributed by atoms with van der Waals surface area (Å²) in [5.41, 5.74) is 1.54. The van der Waals surface area contributed by atoms with E-state index in [-0.39, 0.29) is 0 Å². The van der Waals surface area contributed by atoms with E-state index in [1.54, 1.807) is 5.70 Å². The van der Waals surface area contributed by atoms with Gasteiger partial charge in [-0.25, -0.2) is 0 Å². The van der Waals surface area contributed by atoms with Crippen LogP contribution in [0, 0.1) is 5.92 Å². The van der Waals surface area contributed by atoms with Crippen LogP contribution in [0.4, 0.5) is 0 Å². The molecule has 0 bridgehead atoms. The second kappa shape index (κ2) is 2.05. The SMILES string of the molecule is C1=C2NCCCC2CC1. The van der Waals surface area contributed by atoms with Gasteiger partial charge in [0.2, 0.25) is 0 Å². The van der Waals surface area contributed by atoms with Gasteiger partial charge in [0, 0.05) is 12.2 Å². The van der Waals surface area contributed by atoms with Gasteiger partial charge in [-0.3, -0.25) is 0 Å². The summed E-state index contributed by atoms with van der Waals surface area (Å²) in [5, 5.41) is 3.44. The standard InChI is InChI=1S/C8H13N/c1-3-7-4-2-6-9-8(7)5-1/h5,7,9H,1-4,6H2. The Bertz CT molecular complexity index is 138. The number of nitrogens with one attached hydrogen (secondary N) is 1. The molecule has 9 heavy (non-hydrogen) atoms. The third kappa shape index (κ3) is 0.846. The van der Waals surface area contributed by atoms with Crippen LogP contribution in [0.25, 0.3) is 0 Å². The van der Waals surface area contributed by atoms with Crippen molar-refractivity contribution in [2.45, 2.75) is 25.7 Å². The number of hydrogen-bond acceptors (Lipinski definition) is 1. The Morgan fingerprint density at radius 1 is 1.44 bits per heavy atom. The third-order valence-corrected chi connectivity index (χ3v) is 2.38. The minimum Gasteiger partial charge on any atom is -0.388 e. The summed E-state index contributed by atoms with van der Waals surface area (Å²) in [4.78, 5) is 0. The predicted octanol–water partition coefficient (Wildman–Crippen LogP) is 1.66. The van der Waals surface area contributed by atoms with Gasteiger partial charge >= 0.3 is 0 Å². The predicted molar refractivity (Wildman–Crippen MR) is 38.0 cm³/mol. The summed E-state index contributed by atoms with van der Waals surface area (Å²) >= 11 is 0. The fourth-order valence-electron chi connectivity index (χ4n) is 1.86. The Balaban J connectivity index is 2.09. The van der Waals surface area contributed by atoms with Crippen LogP contribution in [0.2, 0.25) is 0 Å². The number of hydrogen-bond donors (Lipinski definition) is 1. The molecular formula is C8H13N. The molecule has 1 unspecified atom stereocenters. The molecule has 0 spiro atoms. The molecule has 1 nitrogen and oxygen atoms in total. The third-order valence-electron chi connectivity index (χ3n) is 2.38. The number of rotatable bonds is 0. The zero-order valence-electron chi connectivity index (χ0n) is 5.69. The van der Waals surface area contributed by atoms with Gasteiger partial charge in [0.15, 0.2) is 0 Å². The van der Waals surface area contributed by atoms with E-state index in [1.165, 1.54) is 32.2 Å². The molecule has 1 fully saturated rings. The maximum atomic E-state index is 3.44. The quantitative estimate of drug-likeness (QED) is 0.516. The van der Waals surface area contributed by atoms with Gasteiger partial charge in [0.1, 0.15) is 0 Å². The molecule has 0 amide bonds. The van der Waals surface area contributed by atoms with Crippen molar-refractivity contribution in [3.63, 3.8) is 0 Å². The van der Waals surface area contributed by atoms with Gasteiger partial charge in [0.05, 0.1) is 0 Å². The Morgan fingerprint density at radius 3 is 3.33 bits per heavy atom. The van der Waals surface area contributed by atoms with E-state index in [0.29, 0.717) is 0 Å². The average molecular weight is 123 g/mol. The zero-order valence-corrected chi connectivity index (χ0v) is 5.69. The first kappa shape index (κ1) is 5.33. The average Bonchev–Trinajstić information content (AvgIpc) is 2.33. The summed E-state index contributed by atoms with van der Waals surface area (Å²) in [6, 6.07) is 0. The number of piperidine rings is 1. The monoisotopic (exact) mass is 123 g/mol. The van der Waals surface area contributed by atoms with Crippen LogP contribution in [0.3, 0.4) is 0 Å². The van der Waals surface area contributed by atoms with Gasteiger partial charge < -0.3 is 5.32 Å². The van der Waals surface area contributed by atoms with Gasteiger partial charge in [-0.05, 0) is 31.6 Å². The van der Waals surface area contributed by atoms with Crippen molar-refractivity contribution in [1.82, 2.24) is 5.32 Å². The summed E-state index contributed by atoms with van der Waals surface area (Å²) < 4.78 is 0. The lowest BCUT2D eigenvalue weighted by Crippen LogP contribution is -2.24. The van der Waals surface area contributed by atoms with E-state index < -0.39 is 0 Å². The largest absolute Gasteiger partial charge is 0.388 e. The topological polar surface area (TPSA) is 12.0 Å². The smallest absolute Gasteiger partial charge is 0.0144 e. The molecule has 1 heteroatoms. The summed E-state index contributed by atoms with van der Waals surface area (Å²) in [5.74, 6) is 0.916. The van der Waals surface area contributed by atoms with Gasteiger partial charge in [-0.1, -0.05) is 6.08 Å². The minimum absolute atomic E-state index is 0.916. The molecule has 1 N–H and O–H groups in total. The molecule has 50 valence electrons. The molecule has 1 atom stereocenters. The summed E-state index contributed by atoms with van der Waals surface area (Å²) in [6.07, 6.45) is 7.89. The lowest BCUT2D eigenvalue weighted by Gasteiger charge is -2.22. The highest BCUT2D eigenvalue weighted by Crippen LogP contribution is 2.30. The molecule has 1 aliphatic carbocycles. The fraction of sp³-hybridized carbons (Fsp3) is 0.750. The van der Waals surface area contributed by atoms with Crippen molar-refractivity contribution in [3.8, 4) is 0 Å². The summed E-state index contributed by atoms with van der Waals surface area (Å²) in [6.45, 7) is 1.21.